The molecule has 1 aromatic carbocycles. The first-order chi connectivity index (χ1) is 10.0. The van der Waals surface area contributed by atoms with Crippen LogP contribution in [0.5, 0.6) is 0 Å². The number of para-hydroxylation sites is 1. The number of ether oxygens (including phenoxy) is 1. The normalized spacial score (nSPS) is 10.2. The molecule has 0 saturated heterocycles. The first kappa shape index (κ1) is 17.0. The Bertz CT molecular complexity index is 477. The number of hydrogen-bond acceptors (Lipinski definition) is 4. The summed E-state index contributed by atoms with van der Waals surface area (Å²) in [4.78, 5) is 22.8. The third-order valence-electron chi connectivity index (χ3n) is 2.43. The highest BCUT2D eigenvalue weighted by Gasteiger charge is 2.11. The van der Waals surface area contributed by atoms with Crippen LogP contribution < -0.4 is 16.0 Å². The first-order valence-electron chi connectivity index (χ1n) is 6.24. The van der Waals surface area contributed by atoms with Crippen molar-refractivity contribution < 1.29 is 23.1 Å². The molecule has 8 heteroatoms. The average molecular weight is 301 g/mol. The van der Waals surface area contributed by atoms with E-state index in [1.165, 1.54) is 13.2 Å². The Kier molecular flexibility index (Phi) is 7.27. The molecule has 0 fully saturated rings. The molecular weight excluding hydrogens is 284 g/mol. The van der Waals surface area contributed by atoms with Crippen LogP contribution in [0.3, 0.4) is 0 Å². The summed E-state index contributed by atoms with van der Waals surface area (Å²) in [5, 5.41) is 7.21. The lowest BCUT2D eigenvalue weighted by Gasteiger charge is -2.08. The van der Waals surface area contributed by atoms with Gasteiger partial charge in [0.2, 0.25) is 11.8 Å². The molecule has 6 nitrogen and oxygen atoms in total. The SMILES string of the molecule is COCCNC(=O)CNCC(=O)Nc1c(F)cccc1F. The van der Waals surface area contributed by atoms with Crippen molar-refractivity contribution in [2.45, 2.75) is 0 Å². The number of amides is 2. The van der Waals surface area contributed by atoms with Crippen LogP contribution in [-0.2, 0) is 14.3 Å². The lowest BCUT2D eigenvalue weighted by Crippen LogP contribution is -2.38. The van der Waals surface area contributed by atoms with Crippen molar-refractivity contribution >= 4 is 17.5 Å². The molecule has 1 rings (SSSR count). The highest BCUT2D eigenvalue weighted by Crippen LogP contribution is 2.17. The Morgan fingerprint density at radius 2 is 1.76 bits per heavy atom. The van der Waals surface area contributed by atoms with Crippen LogP contribution in [0.1, 0.15) is 0 Å². The highest BCUT2D eigenvalue weighted by atomic mass is 19.1. The van der Waals surface area contributed by atoms with Gasteiger partial charge < -0.3 is 15.4 Å². The smallest absolute Gasteiger partial charge is 0.238 e. The molecule has 1 aromatic rings. The fraction of sp³-hybridized carbons (Fsp3) is 0.385. The third kappa shape index (κ3) is 6.28. The predicted octanol–water partition coefficient (Wildman–Crippen LogP) is 0.256. The molecule has 0 aliphatic heterocycles. The zero-order valence-corrected chi connectivity index (χ0v) is 11.5. The Hall–Kier alpha value is -2.06. The molecule has 21 heavy (non-hydrogen) atoms. The van der Waals surface area contributed by atoms with Gasteiger partial charge in [0.05, 0.1) is 19.7 Å². The number of benzene rings is 1. The minimum atomic E-state index is -0.861. The van der Waals surface area contributed by atoms with Crippen molar-refractivity contribution in [3.63, 3.8) is 0 Å². The highest BCUT2D eigenvalue weighted by molar-refractivity contribution is 5.92. The van der Waals surface area contributed by atoms with Gasteiger partial charge in [0.15, 0.2) is 0 Å². The second-order valence-corrected chi connectivity index (χ2v) is 4.09. The van der Waals surface area contributed by atoms with Gasteiger partial charge >= 0.3 is 0 Å². The van der Waals surface area contributed by atoms with Crippen molar-refractivity contribution in [3.05, 3.63) is 29.8 Å². The Morgan fingerprint density at radius 3 is 2.38 bits per heavy atom. The van der Waals surface area contributed by atoms with Gasteiger partial charge in [-0.05, 0) is 12.1 Å². The molecule has 0 aliphatic rings. The fourth-order valence-electron chi connectivity index (χ4n) is 1.45. The summed E-state index contributed by atoms with van der Waals surface area (Å²) in [6, 6.07) is 3.27. The summed E-state index contributed by atoms with van der Waals surface area (Å²) in [5.41, 5.74) is -0.506. The summed E-state index contributed by atoms with van der Waals surface area (Å²) >= 11 is 0. The van der Waals surface area contributed by atoms with E-state index >= 15 is 0 Å². The molecule has 0 aromatic heterocycles. The largest absolute Gasteiger partial charge is 0.383 e. The lowest BCUT2D eigenvalue weighted by atomic mass is 10.3. The molecule has 0 spiro atoms. The topological polar surface area (TPSA) is 79.5 Å². The van der Waals surface area contributed by atoms with Crippen LogP contribution in [0, 0.1) is 11.6 Å². The van der Waals surface area contributed by atoms with E-state index < -0.39 is 23.2 Å². The monoisotopic (exact) mass is 301 g/mol. The number of methoxy groups -OCH3 is 1. The maximum absolute atomic E-state index is 13.3. The number of carbonyl (C=O) groups is 2. The van der Waals surface area contributed by atoms with Crippen molar-refractivity contribution in [3.8, 4) is 0 Å². The molecule has 0 saturated carbocycles. The minimum Gasteiger partial charge on any atom is -0.383 e. The van der Waals surface area contributed by atoms with Crippen molar-refractivity contribution in [2.24, 2.45) is 0 Å². The Labute approximate surface area is 120 Å². The van der Waals surface area contributed by atoms with Gasteiger partial charge in [0.25, 0.3) is 0 Å². The van der Waals surface area contributed by atoms with Gasteiger partial charge in [0, 0.05) is 13.7 Å². The van der Waals surface area contributed by atoms with Gasteiger partial charge in [-0.3, -0.25) is 14.9 Å². The van der Waals surface area contributed by atoms with Crippen LogP contribution in [0.2, 0.25) is 0 Å². The molecule has 0 radical (unpaired) electrons. The quantitative estimate of drug-likeness (QED) is 0.602. The molecule has 0 heterocycles. The van der Waals surface area contributed by atoms with E-state index in [9.17, 15) is 18.4 Å². The molecule has 3 N–H and O–H groups in total. The molecule has 0 unspecified atom stereocenters. The van der Waals surface area contributed by atoms with Crippen molar-refractivity contribution in [2.75, 3.05) is 38.7 Å². The number of nitrogens with one attached hydrogen (secondary N) is 3. The molecule has 2 amide bonds. The van der Waals surface area contributed by atoms with E-state index in [0.717, 1.165) is 12.1 Å². The van der Waals surface area contributed by atoms with Gasteiger partial charge in [-0.1, -0.05) is 6.07 Å². The second-order valence-electron chi connectivity index (χ2n) is 4.09. The standard InChI is InChI=1S/C13H17F2N3O3/c1-21-6-5-17-11(19)7-16-8-12(20)18-13-9(14)3-2-4-10(13)15/h2-4,16H,5-8H2,1H3,(H,17,19)(H,18,20). The molecular formula is C13H17F2N3O3. The van der Waals surface area contributed by atoms with E-state index in [4.69, 9.17) is 4.74 Å². The van der Waals surface area contributed by atoms with Crippen LogP contribution in [-0.4, -0.2) is 45.2 Å². The van der Waals surface area contributed by atoms with Gasteiger partial charge in [-0.25, -0.2) is 8.78 Å². The zero-order chi connectivity index (χ0) is 15.7. The fourth-order valence-corrected chi connectivity index (χ4v) is 1.45. The average Bonchev–Trinajstić information content (AvgIpc) is 2.43. The van der Waals surface area contributed by atoms with Gasteiger partial charge in [0.1, 0.15) is 17.3 Å². The Morgan fingerprint density at radius 1 is 1.14 bits per heavy atom. The number of hydrogen-bond donors (Lipinski definition) is 3. The maximum atomic E-state index is 13.3. The van der Waals surface area contributed by atoms with E-state index in [1.807, 2.05) is 0 Å². The number of rotatable bonds is 8. The second kappa shape index (κ2) is 8.98. The number of carbonyl (C=O) groups excluding carboxylic acids is 2. The van der Waals surface area contributed by atoms with E-state index in [0.29, 0.717) is 13.2 Å². The van der Waals surface area contributed by atoms with Crippen LogP contribution >= 0.6 is 0 Å². The number of anilines is 1. The van der Waals surface area contributed by atoms with Crippen LogP contribution in [0.25, 0.3) is 0 Å². The predicted molar refractivity (Wildman–Crippen MR) is 72.7 cm³/mol. The summed E-state index contributed by atoms with van der Waals surface area (Å²) in [5.74, 6) is -2.68. The van der Waals surface area contributed by atoms with Crippen LogP contribution in [0.4, 0.5) is 14.5 Å². The van der Waals surface area contributed by atoms with Crippen molar-refractivity contribution in [1.29, 1.82) is 0 Å². The lowest BCUT2D eigenvalue weighted by molar-refractivity contribution is -0.120. The minimum absolute atomic E-state index is 0.0864. The van der Waals surface area contributed by atoms with E-state index in [2.05, 4.69) is 16.0 Å². The maximum Gasteiger partial charge on any atom is 0.238 e. The first-order valence-corrected chi connectivity index (χ1v) is 6.24. The van der Waals surface area contributed by atoms with E-state index in [-0.39, 0.29) is 19.0 Å². The van der Waals surface area contributed by atoms with Crippen LogP contribution in [0.15, 0.2) is 18.2 Å². The third-order valence-corrected chi connectivity index (χ3v) is 2.43. The molecule has 0 atom stereocenters. The van der Waals surface area contributed by atoms with Crippen molar-refractivity contribution in [1.82, 2.24) is 10.6 Å². The summed E-state index contributed by atoms with van der Waals surface area (Å²) < 4.78 is 31.3. The molecule has 116 valence electrons. The number of halogens is 2. The van der Waals surface area contributed by atoms with Gasteiger partial charge in [-0.15, -0.1) is 0 Å². The zero-order valence-electron chi connectivity index (χ0n) is 11.5. The summed E-state index contributed by atoms with van der Waals surface area (Å²) in [6.07, 6.45) is 0. The molecule has 0 bridgehead atoms. The molecule has 0 aliphatic carbocycles. The summed E-state index contributed by atoms with van der Waals surface area (Å²) in [6.45, 7) is 0.421. The summed E-state index contributed by atoms with van der Waals surface area (Å²) in [7, 11) is 1.51. The van der Waals surface area contributed by atoms with E-state index in [1.54, 1.807) is 0 Å². The van der Waals surface area contributed by atoms with Gasteiger partial charge in [-0.2, -0.15) is 0 Å². The Balaban J connectivity index is 2.30.